The van der Waals surface area contributed by atoms with E-state index in [9.17, 15) is 14.9 Å². The van der Waals surface area contributed by atoms with Crippen molar-refractivity contribution in [1.82, 2.24) is 9.88 Å². The van der Waals surface area contributed by atoms with Gasteiger partial charge in [-0.05, 0) is 24.6 Å². The summed E-state index contributed by atoms with van der Waals surface area (Å²) in [5.41, 5.74) is 0.716. The number of nitro groups is 1. The first-order chi connectivity index (χ1) is 13.0. The first-order valence-corrected chi connectivity index (χ1v) is 8.84. The van der Waals surface area contributed by atoms with E-state index in [1.807, 2.05) is 4.90 Å². The van der Waals surface area contributed by atoms with E-state index < -0.39 is 4.92 Å². The SMILES string of the molecule is Cc1cc([N+](=O)[O-])cnc1N1CCN(C(=O)COc2ccccc2Cl)CC1. The van der Waals surface area contributed by atoms with Crippen LogP contribution in [0.2, 0.25) is 5.02 Å². The Hall–Kier alpha value is -2.87. The third-order valence-corrected chi connectivity index (χ3v) is 4.68. The second-order valence-electron chi connectivity index (χ2n) is 6.18. The van der Waals surface area contributed by atoms with Gasteiger partial charge in [0.1, 0.15) is 17.8 Å². The van der Waals surface area contributed by atoms with Gasteiger partial charge in [0.2, 0.25) is 0 Å². The number of carbonyl (C=O) groups is 1. The number of halogens is 1. The zero-order valence-electron chi connectivity index (χ0n) is 14.8. The molecule has 1 aromatic heterocycles. The Morgan fingerprint density at radius 1 is 1.30 bits per heavy atom. The maximum Gasteiger partial charge on any atom is 0.287 e. The molecule has 1 aliphatic rings. The Morgan fingerprint density at radius 2 is 2.00 bits per heavy atom. The molecule has 142 valence electrons. The lowest BCUT2D eigenvalue weighted by atomic mass is 10.2. The minimum absolute atomic E-state index is 0.0261. The van der Waals surface area contributed by atoms with Crippen LogP contribution in [-0.4, -0.2) is 53.5 Å². The molecule has 2 aromatic rings. The standard InChI is InChI=1S/C18H19ClN4O4/c1-13-10-14(23(25)26)11-20-18(13)22-8-6-21(7-9-22)17(24)12-27-16-5-3-2-4-15(16)19/h2-5,10-11H,6-9,12H2,1H3. The number of hydrogen-bond donors (Lipinski definition) is 0. The molecule has 0 saturated carbocycles. The quantitative estimate of drug-likeness (QED) is 0.576. The fraction of sp³-hybridized carbons (Fsp3) is 0.333. The Labute approximate surface area is 161 Å². The highest BCUT2D eigenvalue weighted by atomic mass is 35.5. The minimum Gasteiger partial charge on any atom is -0.482 e. The lowest BCUT2D eigenvalue weighted by Crippen LogP contribution is -2.50. The average molecular weight is 391 g/mol. The molecule has 0 aliphatic carbocycles. The molecule has 8 nitrogen and oxygen atoms in total. The monoisotopic (exact) mass is 390 g/mol. The summed E-state index contributed by atoms with van der Waals surface area (Å²) in [6, 6.07) is 8.53. The molecule has 3 rings (SSSR count). The number of pyridine rings is 1. The zero-order chi connectivity index (χ0) is 19.4. The maximum atomic E-state index is 12.4. The third-order valence-electron chi connectivity index (χ3n) is 4.37. The molecule has 27 heavy (non-hydrogen) atoms. The predicted molar refractivity (Wildman–Crippen MR) is 101 cm³/mol. The smallest absolute Gasteiger partial charge is 0.287 e. The first kappa shape index (κ1) is 18.9. The number of aromatic nitrogens is 1. The lowest BCUT2D eigenvalue weighted by Gasteiger charge is -2.35. The summed E-state index contributed by atoms with van der Waals surface area (Å²) in [4.78, 5) is 30.7. The fourth-order valence-electron chi connectivity index (χ4n) is 2.94. The van der Waals surface area contributed by atoms with Crippen molar-refractivity contribution in [3.8, 4) is 5.75 Å². The fourth-order valence-corrected chi connectivity index (χ4v) is 3.13. The summed E-state index contributed by atoms with van der Waals surface area (Å²) in [5.74, 6) is 1.08. The van der Waals surface area contributed by atoms with Gasteiger partial charge in [-0.2, -0.15) is 0 Å². The van der Waals surface area contributed by atoms with Gasteiger partial charge >= 0.3 is 0 Å². The molecule has 0 atom stereocenters. The van der Waals surface area contributed by atoms with Crippen LogP contribution in [0.15, 0.2) is 36.5 Å². The van der Waals surface area contributed by atoms with E-state index in [0.29, 0.717) is 42.8 Å². The molecule has 0 unspecified atom stereocenters. The number of para-hydroxylation sites is 1. The van der Waals surface area contributed by atoms with Crippen LogP contribution in [-0.2, 0) is 4.79 Å². The van der Waals surface area contributed by atoms with Gasteiger partial charge in [-0.3, -0.25) is 14.9 Å². The van der Waals surface area contributed by atoms with E-state index in [0.717, 1.165) is 5.56 Å². The van der Waals surface area contributed by atoms with Crippen LogP contribution in [0.3, 0.4) is 0 Å². The Morgan fingerprint density at radius 3 is 2.63 bits per heavy atom. The van der Waals surface area contributed by atoms with Gasteiger partial charge in [-0.1, -0.05) is 23.7 Å². The maximum absolute atomic E-state index is 12.4. The van der Waals surface area contributed by atoms with Crippen molar-refractivity contribution in [2.75, 3.05) is 37.7 Å². The highest BCUT2D eigenvalue weighted by Gasteiger charge is 2.24. The van der Waals surface area contributed by atoms with E-state index >= 15 is 0 Å². The summed E-state index contributed by atoms with van der Waals surface area (Å²) < 4.78 is 5.51. The molecular weight excluding hydrogens is 372 g/mol. The largest absolute Gasteiger partial charge is 0.482 e. The number of piperazine rings is 1. The van der Waals surface area contributed by atoms with E-state index in [4.69, 9.17) is 16.3 Å². The highest BCUT2D eigenvalue weighted by molar-refractivity contribution is 6.32. The van der Waals surface area contributed by atoms with Gasteiger partial charge in [-0.25, -0.2) is 4.98 Å². The topological polar surface area (TPSA) is 88.8 Å². The number of hydrogen-bond acceptors (Lipinski definition) is 6. The van der Waals surface area contributed by atoms with Crippen molar-refractivity contribution >= 4 is 29.0 Å². The van der Waals surface area contributed by atoms with Gasteiger partial charge in [0.15, 0.2) is 6.61 Å². The molecule has 1 aliphatic heterocycles. The van der Waals surface area contributed by atoms with E-state index in [2.05, 4.69) is 4.98 Å². The molecule has 0 radical (unpaired) electrons. The molecule has 1 fully saturated rings. The van der Waals surface area contributed by atoms with Crippen molar-refractivity contribution in [2.24, 2.45) is 0 Å². The summed E-state index contributed by atoms with van der Waals surface area (Å²) in [7, 11) is 0. The number of carbonyl (C=O) groups excluding carboxylic acids is 1. The van der Waals surface area contributed by atoms with Crippen LogP contribution >= 0.6 is 11.6 Å². The molecule has 0 N–H and O–H groups in total. The van der Waals surface area contributed by atoms with Crippen molar-refractivity contribution in [3.63, 3.8) is 0 Å². The van der Waals surface area contributed by atoms with Crippen LogP contribution in [0.4, 0.5) is 11.5 Å². The molecule has 2 heterocycles. The van der Waals surface area contributed by atoms with Crippen molar-refractivity contribution in [2.45, 2.75) is 6.92 Å². The molecular formula is C18H19ClN4O4. The second kappa shape index (κ2) is 8.22. The number of ether oxygens (including phenoxy) is 1. The number of nitrogens with zero attached hydrogens (tertiary/aromatic N) is 4. The number of aryl methyl sites for hydroxylation is 1. The first-order valence-electron chi connectivity index (χ1n) is 8.47. The van der Waals surface area contributed by atoms with Crippen molar-refractivity contribution in [3.05, 3.63) is 57.2 Å². The summed E-state index contributed by atoms with van der Waals surface area (Å²) >= 11 is 6.02. The normalized spacial score (nSPS) is 14.1. The number of rotatable bonds is 5. The van der Waals surface area contributed by atoms with Crippen LogP contribution < -0.4 is 9.64 Å². The lowest BCUT2D eigenvalue weighted by molar-refractivity contribution is -0.385. The zero-order valence-corrected chi connectivity index (χ0v) is 15.6. The van der Waals surface area contributed by atoms with Gasteiger partial charge in [0, 0.05) is 32.2 Å². The van der Waals surface area contributed by atoms with Crippen LogP contribution in [0, 0.1) is 17.0 Å². The molecule has 1 amide bonds. The van der Waals surface area contributed by atoms with Crippen LogP contribution in [0.25, 0.3) is 0 Å². The Kier molecular flexibility index (Phi) is 5.75. The third kappa shape index (κ3) is 4.46. The van der Waals surface area contributed by atoms with E-state index in [-0.39, 0.29) is 18.2 Å². The Balaban J connectivity index is 1.55. The predicted octanol–water partition coefficient (Wildman–Crippen LogP) is 2.68. The van der Waals surface area contributed by atoms with Gasteiger partial charge < -0.3 is 14.5 Å². The summed E-state index contributed by atoms with van der Waals surface area (Å²) in [6.07, 6.45) is 1.26. The van der Waals surface area contributed by atoms with Crippen molar-refractivity contribution in [1.29, 1.82) is 0 Å². The Bertz CT molecular complexity index is 853. The van der Waals surface area contributed by atoms with Gasteiger partial charge in [-0.15, -0.1) is 0 Å². The van der Waals surface area contributed by atoms with E-state index in [1.54, 1.807) is 36.1 Å². The summed E-state index contributed by atoms with van der Waals surface area (Å²) in [5, 5.41) is 11.3. The molecule has 1 saturated heterocycles. The second-order valence-corrected chi connectivity index (χ2v) is 6.59. The van der Waals surface area contributed by atoms with Crippen molar-refractivity contribution < 1.29 is 14.5 Å². The highest BCUT2D eigenvalue weighted by Crippen LogP contribution is 2.24. The number of amides is 1. The van der Waals surface area contributed by atoms with Crippen LogP contribution in [0.1, 0.15) is 5.56 Å². The average Bonchev–Trinajstić information content (AvgIpc) is 2.67. The number of anilines is 1. The molecule has 1 aromatic carbocycles. The molecule has 0 bridgehead atoms. The van der Waals surface area contributed by atoms with Gasteiger partial charge in [0.25, 0.3) is 11.6 Å². The molecule has 9 heteroatoms. The van der Waals surface area contributed by atoms with Gasteiger partial charge in [0.05, 0.1) is 9.95 Å². The number of benzene rings is 1. The van der Waals surface area contributed by atoms with Crippen LogP contribution in [0.5, 0.6) is 5.75 Å². The minimum atomic E-state index is -0.459. The van der Waals surface area contributed by atoms with E-state index in [1.165, 1.54) is 12.3 Å². The molecule has 0 spiro atoms. The summed E-state index contributed by atoms with van der Waals surface area (Å²) in [6.45, 7) is 3.99.